The second-order valence-electron chi connectivity index (χ2n) is 23.8. The molecule has 0 aromatic heterocycles. The first-order chi connectivity index (χ1) is 27.6. The maximum absolute atomic E-state index is 3.21. The Kier molecular flexibility index (Phi) is 15.6. The first-order valence-electron chi connectivity index (χ1n) is 26.0. The van der Waals surface area contributed by atoms with Gasteiger partial charge in [-0.3, -0.25) is 0 Å². The average Bonchev–Trinajstić information content (AvgIpc) is 3.71. The van der Waals surface area contributed by atoms with Crippen LogP contribution in [0.15, 0.2) is 29.9 Å². The van der Waals surface area contributed by atoms with Crippen molar-refractivity contribution in [1.29, 1.82) is 0 Å². The number of hydrogen-bond acceptors (Lipinski definition) is 1. The molecule has 0 spiro atoms. The van der Waals surface area contributed by atoms with E-state index in [9.17, 15) is 0 Å². The average molecular weight is 810 g/mol. The fourth-order valence-corrected chi connectivity index (χ4v) is 19.6. The monoisotopic (exact) mass is 810 g/mol. The smallest absolute Gasteiger partial charge is 0.126 e. The molecule has 1 aromatic rings. The van der Waals surface area contributed by atoms with Crippen molar-refractivity contribution in [2.45, 2.75) is 282 Å². The minimum absolute atomic E-state index is 0.176. The Morgan fingerprint density at radius 3 is 1.62 bits per heavy atom. The largest absolute Gasteiger partial charge is 0.316 e. The third-order valence-electron chi connectivity index (χ3n) is 17.2. The molecule has 2 heteroatoms. The molecule has 58 heavy (non-hydrogen) atoms. The molecule has 0 amide bonds. The standard InChI is InChI=1S/C56H95NSi/c1-12-14-16-18-20-22-24-29-35-56(36-30-25-23-21-19-17-15-13-2)48-40-45-43(33-34-52(45)58(10,11)57(53(3,4)5)44-31-27-26-28-32-44)39-46(48)47-41-50-51(42-49(47)56)55(8,9)38-37-54(50,6)7/h39-45,52H,12-38H2,1-11H3. The van der Waals surface area contributed by atoms with Gasteiger partial charge in [0.1, 0.15) is 8.24 Å². The van der Waals surface area contributed by atoms with E-state index in [0.717, 1.165) is 11.6 Å². The van der Waals surface area contributed by atoms with E-state index in [-0.39, 0.29) is 21.8 Å². The van der Waals surface area contributed by atoms with E-state index in [2.05, 4.69) is 104 Å². The molecule has 0 bridgehead atoms. The number of nitrogens with zero attached hydrogens (tertiary/aromatic N) is 1. The number of unbranched alkanes of at least 4 members (excludes halogenated alkanes) is 14. The molecule has 1 nitrogen and oxygen atoms in total. The molecule has 2 fully saturated rings. The van der Waals surface area contributed by atoms with Crippen LogP contribution < -0.4 is 0 Å². The second kappa shape index (κ2) is 19.5. The highest BCUT2D eigenvalue weighted by molar-refractivity contribution is 6.76. The summed E-state index contributed by atoms with van der Waals surface area (Å²) in [6, 6.07) is 6.47. The van der Waals surface area contributed by atoms with E-state index in [1.54, 1.807) is 27.8 Å². The van der Waals surface area contributed by atoms with Gasteiger partial charge in [0.25, 0.3) is 0 Å². The van der Waals surface area contributed by atoms with Gasteiger partial charge in [0, 0.05) is 17.0 Å². The molecule has 5 aliphatic carbocycles. The Labute approximate surface area is 362 Å². The zero-order valence-electron chi connectivity index (χ0n) is 40.7. The minimum atomic E-state index is -1.80. The summed E-state index contributed by atoms with van der Waals surface area (Å²) in [7, 11) is -1.80. The molecule has 1 aromatic carbocycles. The molecule has 0 N–H and O–H groups in total. The number of allylic oxidation sites excluding steroid dienone is 4. The molecule has 328 valence electrons. The van der Waals surface area contributed by atoms with Gasteiger partial charge >= 0.3 is 0 Å². The van der Waals surface area contributed by atoms with Crippen molar-refractivity contribution >= 4 is 13.8 Å². The Morgan fingerprint density at radius 2 is 1.10 bits per heavy atom. The van der Waals surface area contributed by atoms with E-state index in [1.807, 2.05) is 5.57 Å². The summed E-state index contributed by atoms with van der Waals surface area (Å²) in [5.74, 6) is 1.42. The Bertz CT molecular complexity index is 1520. The van der Waals surface area contributed by atoms with E-state index in [1.165, 1.54) is 173 Å². The van der Waals surface area contributed by atoms with Gasteiger partial charge in [-0.05, 0) is 127 Å². The zero-order chi connectivity index (χ0) is 41.8. The molecule has 3 atom stereocenters. The molecule has 6 rings (SSSR count). The normalized spacial score (nSPS) is 24.9. The number of fused-ring (bicyclic) bond motifs is 5. The SMILES string of the molecule is CCCCCCCCCCC1(CCCCCCCCCC)C2=CC3C(C=C2c2cc4c(cc21)C(C)(C)CCC4(C)C)CCC3[Si](C)(C)N(C1CCCCC1)C(C)(C)C. The highest BCUT2D eigenvalue weighted by Gasteiger charge is 2.55. The van der Waals surface area contributed by atoms with Crippen molar-refractivity contribution in [2.24, 2.45) is 11.8 Å². The molecule has 2 saturated carbocycles. The van der Waals surface area contributed by atoms with E-state index in [0.29, 0.717) is 11.8 Å². The van der Waals surface area contributed by atoms with Gasteiger partial charge in [-0.25, -0.2) is 0 Å². The van der Waals surface area contributed by atoms with Crippen molar-refractivity contribution in [3.05, 3.63) is 52.1 Å². The highest BCUT2D eigenvalue weighted by atomic mass is 28.3. The van der Waals surface area contributed by atoms with Crippen LogP contribution in [0.5, 0.6) is 0 Å². The van der Waals surface area contributed by atoms with Crippen LogP contribution in [0, 0.1) is 11.8 Å². The first kappa shape index (κ1) is 46.4. The Morgan fingerprint density at radius 1 is 0.603 bits per heavy atom. The summed E-state index contributed by atoms with van der Waals surface area (Å²) >= 11 is 0. The van der Waals surface area contributed by atoms with Crippen LogP contribution in [0.4, 0.5) is 0 Å². The van der Waals surface area contributed by atoms with Crippen molar-refractivity contribution in [1.82, 2.24) is 4.57 Å². The molecule has 0 saturated heterocycles. The summed E-state index contributed by atoms with van der Waals surface area (Å²) in [6.07, 6.45) is 43.9. The van der Waals surface area contributed by atoms with Gasteiger partial charge in [-0.1, -0.05) is 207 Å². The van der Waals surface area contributed by atoms with E-state index >= 15 is 0 Å². The van der Waals surface area contributed by atoms with Crippen LogP contribution in [-0.4, -0.2) is 24.4 Å². The fraction of sp³-hybridized carbons (Fsp3) is 0.821. The van der Waals surface area contributed by atoms with Crippen molar-refractivity contribution in [2.75, 3.05) is 0 Å². The molecule has 3 unspecified atom stereocenters. The van der Waals surface area contributed by atoms with Crippen LogP contribution in [0.25, 0.3) is 5.57 Å². The third kappa shape index (κ3) is 9.90. The maximum atomic E-state index is 3.21. The van der Waals surface area contributed by atoms with Gasteiger partial charge in [0.2, 0.25) is 0 Å². The highest BCUT2D eigenvalue weighted by Crippen LogP contribution is 2.63. The minimum Gasteiger partial charge on any atom is -0.316 e. The lowest BCUT2D eigenvalue weighted by Gasteiger charge is -2.55. The molecular weight excluding hydrogens is 715 g/mol. The zero-order valence-corrected chi connectivity index (χ0v) is 41.7. The quantitative estimate of drug-likeness (QED) is 0.0883. The van der Waals surface area contributed by atoms with E-state index in [4.69, 9.17) is 0 Å². The van der Waals surface area contributed by atoms with Crippen molar-refractivity contribution in [3.63, 3.8) is 0 Å². The second-order valence-corrected chi connectivity index (χ2v) is 28.3. The molecule has 0 aliphatic heterocycles. The van der Waals surface area contributed by atoms with Gasteiger partial charge in [0.05, 0.1) is 0 Å². The predicted molar refractivity (Wildman–Crippen MR) is 260 cm³/mol. The molecule has 5 aliphatic rings. The van der Waals surface area contributed by atoms with Gasteiger partial charge in [-0.2, -0.15) is 0 Å². The number of rotatable bonds is 21. The summed E-state index contributed by atoms with van der Waals surface area (Å²) in [4.78, 5) is 0. The van der Waals surface area contributed by atoms with Crippen molar-refractivity contribution in [3.8, 4) is 0 Å². The van der Waals surface area contributed by atoms with Gasteiger partial charge < -0.3 is 4.57 Å². The maximum Gasteiger partial charge on any atom is 0.126 e. The summed E-state index contributed by atoms with van der Waals surface area (Å²) < 4.78 is 3.21. The molecular formula is C56H95NSi. The Hall–Kier alpha value is -1.12. The first-order valence-corrected chi connectivity index (χ1v) is 29.0. The van der Waals surface area contributed by atoms with Crippen LogP contribution in [-0.2, 0) is 16.2 Å². The lowest BCUT2D eigenvalue weighted by molar-refractivity contribution is 0.140. The molecule has 0 radical (unpaired) electrons. The Balaban J connectivity index is 1.40. The summed E-state index contributed by atoms with van der Waals surface area (Å²) in [5, 5.41) is 0. The lowest BCUT2D eigenvalue weighted by atomic mass is 9.61. The summed E-state index contributed by atoms with van der Waals surface area (Å²) in [6.45, 7) is 28.3. The topological polar surface area (TPSA) is 3.24 Å². The van der Waals surface area contributed by atoms with Crippen LogP contribution >= 0.6 is 0 Å². The van der Waals surface area contributed by atoms with E-state index < -0.39 is 8.24 Å². The van der Waals surface area contributed by atoms with Crippen LogP contribution in [0.2, 0.25) is 18.6 Å². The fourth-order valence-electron chi connectivity index (χ4n) is 14.1. The van der Waals surface area contributed by atoms with Gasteiger partial charge in [0.15, 0.2) is 0 Å². The molecule has 0 heterocycles. The van der Waals surface area contributed by atoms with Crippen molar-refractivity contribution < 1.29 is 0 Å². The predicted octanol–water partition coefficient (Wildman–Crippen LogP) is 17.7. The third-order valence-corrected chi connectivity index (χ3v) is 22.0. The van der Waals surface area contributed by atoms with Crippen LogP contribution in [0.1, 0.15) is 258 Å². The number of benzene rings is 1. The van der Waals surface area contributed by atoms with Crippen LogP contribution in [0.3, 0.4) is 0 Å². The summed E-state index contributed by atoms with van der Waals surface area (Å²) in [5.41, 5.74) is 12.1. The van der Waals surface area contributed by atoms with Gasteiger partial charge in [-0.15, -0.1) is 0 Å². The number of hydrogen-bond donors (Lipinski definition) is 0. The lowest BCUT2D eigenvalue weighted by Crippen LogP contribution is -2.64.